The average Bonchev–Trinajstić information content (AvgIpc) is 3.26. The number of rotatable bonds is 12. The van der Waals surface area contributed by atoms with Crippen molar-refractivity contribution in [2.24, 2.45) is 23.7 Å². The number of carbonyl (C=O) groups excluding carboxylic acids is 3. The molecule has 18 nitrogen and oxygen atoms in total. The Hall–Kier alpha value is -3.40. The fourth-order valence-corrected chi connectivity index (χ4v) is 10.0. The number of benzene rings is 1. The topological polar surface area (TPSA) is 248 Å². The minimum atomic E-state index is -2.22. The zero-order chi connectivity index (χ0) is 49.1. The second-order valence-electron chi connectivity index (χ2n) is 20.0. The molecule has 18 heteroatoms. The monoisotopic (exact) mass is 933 g/mol. The van der Waals surface area contributed by atoms with E-state index in [4.69, 9.17) is 28.4 Å². The summed E-state index contributed by atoms with van der Waals surface area (Å²) in [6.07, 6.45) is -9.46. The van der Waals surface area contributed by atoms with Crippen molar-refractivity contribution in [1.82, 2.24) is 15.2 Å². The molecule has 0 radical (unpaired) electrons. The Labute approximate surface area is 389 Å². The maximum absolute atomic E-state index is 14.7. The van der Waals surface area contributed by atoms with E-state index in [0.29, 0.717) is 12.1 Å². The highest BCUT2D eigenvalue weighted by atomic mass is 16.7. The van der Waals surface area contributed by atoms with Crippen molar-refractivity contribution >= 4 is 34.3 Å². The van der Waals surface area contributed by atoms with Crippen molar-refractivity contribution in [1.29, 1.82) is 0 Å². The van der Waals surface area contributed by atoms with Crippen LogP contribution < -0.4 is 10.6 Å². The molecule has 1 amide bonds. The number of nitrogens with one attached hydrogen (secondary N) is 2. The average molecular weight is 933 g/mol. The molecule has 1 aromatic heterocycles. The number of fused-ring (bicyclic) bond motifs is 1. The van der Waals surface area contributed by atoms with Crippen molar-refractivity contribution in [3.8, 4) is 0 Å². The number of likely N-dealkylation sites (N-methyl/N-ethyl adjacent to an activating group) is 1. The van der Waals surface area contributed by atoms with E-state index >= 15 is 0 Å². The molecule has 4 heterocycles. The number of carbonyl (C=O) groups is 3. The number of aliphatic hydroxyl groups is 5. The van der Waals surface area contributed by atoms with Gasteiger partial charge in [-0.1, -0.05) is 26.8 Å². The van der Waals surface area contributed by atoms with Crippen LogP contribution in [0.25, 0.3) is 10.9 Å². The summed E-state index contributed by atoms with van der Waals surface area (Å²) >= 11 is 0. The third kappa shape index (κ3) is 12.2. The van der Waals surface area contributed by atoms with E-state index in [1.807, 2.05) is 56.3 Å². The molecule has 2 aromatic rings. The van der Waals surface area contributed by atoms with Crippen LogP contribution in [0, 0.1) is 23.7 Å². The number of aliphatic hydroxyl groups excluding tert-OH is 3. The van der Waals surface area contributed by atoms with Crippen LogP contribution in [0.4, 0.5) is 5.69 Å². The van der Waals surface area contributed by atoms with Crippen molar-refractivity contribution in [3.05, 3.63) is 36.5 Å². The summed E-state index contributed by atoms with van der Waals surface area (Å²) in [6, 6.07) is 8.87. The van der Waals surface area contributed by atoms with E-state index in [9.17, 15) is 39.9 Å². The van der Waals surface area contributed by atoms with Gasteiger partial charge in [-0.05, 0) is 92.7 Å². The van der Waals surface area contributed by atoms with E-state index in [1.54, 1.807) is 40.8 Å². The number of amides is 1. The first-order chi connectivity index (χ1) is 30.8. The Morgan fingerprint density at radius 2 is 1.64 bits per heavy atom. The summed E-state index contributed by atoms with van der Waals surface area (Å²) in [4.78, 5) is 48.2. The minimum Gasteiger partial charge on any atom is -0.459 e. The summed E-state index contributed by atoms with van der Waals surface area (Å²) in [5.41, 5.74) is -3.70. The van der Waals surface area contributed by atoms with Gasteiger partial charge in [-0.3, -0.25) is 19.4 Å². The first kappa shape index (κ1) is 53.6. The highest BCUT2D eigenvalue weighted by Crippen LogP contribution is 2.41. The predicted molar refractivity (Wildman–Crippen MR) is 244 cm³/mol. The molecule has 3 saturated heterocycles. The van der Waals surface area contributed by atoms with Gasteiger partial charge < -0.3 is 69.5 Å². The number of esters is 1. The predicted octanol–water partition coefficient (Wildman–Crippen LogP) is 2.54. The van der Waals surface area contributed by atoms with Gasteiger partial charge >= 0.3 is 5.97 Å². The van der Waals surface area contributed by atoms with Gasteiger partial charge in [0.15, 0.2) is 12.6 Å². The third-order valence-corrected chi connectivity index (χ3v) is 14.2. The van der Waals surface area contributed by atoms with Crippen LogP contribution in [-0.2, 0) is 42.8 Å². The number of aromatic nitrogens is 1. The largest absolute Gasteiger partial charge is 0.459 e. The molecule has 7 N–H and O–H groups in total. The molecule has 8 unspecified atom stereocenters. The summed E-state index contributed by atoms with van der Waals surface area (Å²) in [5.74, 6) is -6.02. The first-order valence-corrected chi connectivity index (χ1v) is 23.2. The zero-order valence-corrected chi connectivity index (χ0v) is 40.7. The Morgan fingerprint density at radius 3 is 2.30 bits per heavy atom. The summed E-state index contributed by atoms with van der Waals surface area (Å²) in [5, 5.41) is 65.9. The lowest BCUT2D eigenvalue weighted by atomic mass is 9.74. The van der Waals surface area contributed by atoms with E-state index in [2.05, 4.69) is 15.6 Å². The molecule has 66 heavy (non-hydrogen) atoms. The molecule has 0 spiro atoms. The van der Waals surface area contributed by atoms with Crippen LogP contribution >= 0.6 is 0 Å². The van der Waals surface area contributed by atoms with Crippen LogP contribution in [0.3, 0.4) is 0 Å². The lowest BCUT2D eigenvalue weighted by Gasteiger charge is -2.49. The number of cyclic esters (lactones) is 1. The second-order valence-corrected chi connectivity index (χ2v) is 20.0. The highest BCUT2D eigenvalue weighted by molar-refractivity contribution is 5.85. The zero-order valence-electron chi connectivity index (χ0n) is 40.7. The number of methoxy groups -OCH3 is 1. The van der Waals surface area contributed by atoms with Crippen LogP contribution in [-0.4, -0.2) is 172 Å². The number of pyridine rings is 1. The van der Waals surface area contributed by atoms with Crippen LogP contribution in [0.15, 0.2) is 36.5 Å². The number of anilines is 1. The van der Waals surface area contributed by atoms with Crippen LogP contribution in [0.2, 0.25) is 0 Å². The summed E-state index contributed by atoms with van der Waals surface area (Å²) in [6.45, 7) is 14.2. The first-order valence-electron chi connectivity index (χ1n) is 23.2. The number of hydrogen-bond donors (Lipinski definition) is 7. The normalized spacial score (nSPS) is 41.0. The molecule has 3 aliphatic rings. The lowest BCUT2D eigenvalue weighted by molar-refractivity contribution is -0.318. The number of nitrogens with zero attached hydrogens (tertiary/aromatic N) is 2. The molecule has 1 aromatic carbocycles. The standard InChI is InChI=1S/C48H76N4O14/c1-25-22-46(7,59)43(66-45-39(55)34(52(10)11)20-26(2)62-45)28(4)40(65-37-23-47(8,61-12)42(57)30(6)63-37)29(5)44(58)64-35(48(9,60)41(56)27(3)38(25)54)17-19-50-36(53)24-51-32-15-16-33-31(21-32)14-13-18-49-33/h13-16,18,21,25-30,34-35,37,39-43,45,51,55-57,59-60H,17,19-20,22-24H2,1-12H3,(H,50,53)/t25-,26?,27+,28+,29-,30?,34?,35-,37?,39?,40+,41-,42?,43-,45?,46-,47?,48-/m1/s1. The van der Waals surface area contributed by atoms with Crippen molar-refractivity contribution < 1.29 is 68.3 Å². The molecule has 3 fully saturated rings. The maximum Gasteiger partial charge on any atom is 0.311 e. The van der Waals surface area contributed by atoms with E-state index < -0.39 is 113 Å². The van der Waals surface area contributed by atoms with E-state index in [-0.39, 0.29) is 44.5 Å². The number of ketones is 1. The molecule has 0 saturated carbocycles. The lowest BCUT2D eigenvalue weighted by Crippen LogP contribution is -2.61. The fraction of sp³-hybridized carbons (Fsp3) is 0.750. The van der Waals surface area contributed by atoms with E-state index in [0.717, 1.165) is 10.9 Å². The van der Waals surface area contributed by atoms with Gasteiger partial charge in [-0.25, -0.2) is 0 Å². The minimum absolute atomic E-state index is 0.0357. The SMILES string of the molecule is COC1(C)CC(O[C@H]2[C@H](C)[C@@H](OC3OC(C)CC(N(C)C)C3O)[C@](C)(O)C[C@@H](C)C(=O)[C@H](C)[C@@H](O)[C@](C)(O)[C@@H](CCNC(=O)CNc3ccc4ncccc4c3)OC(=O)[C@@H]2C)OC(C)C1O. The second kappa shape index (κ2) is 21.9. The number of hydrogen-bond acceptors (Lipinski definition) is 17. The molecule has 18 atom stereocenters. The van der Waals surface area contributed by atoms with Gasteiger partial charge in [-0.15, -0.1) is 0 Å². The van der Waals surface area contributed by atoms with Crippen molar-refractivity contribution in [3.63, 3.8) is 0 Å². The molecular formula is C48H76N4O14. The van der Waals surface area contributed by atoms with Crippen LogP contribution in [0.5, 0.6) is 0 Å². The van der Waals surface area contributed by atoms with Gasteiger partial charge in [0.25, 0.3) is 0 Å². The highest BCUT2D eigenvalue weighted by Gasteiger charge is 2.53. The van der Waals surface area contributed by atoms with Crippen molar-refractivity contribution in [2.45, 2.75) is 172 Å². The molecule has 0 aliphatic carbocycles. The Kier molecular flexibility index (Phi) is 17.8. The Morgan fingerprint density at radius 1 is 0.939 bits per heavy atom. The van der Waals surface area contributed by atoms with Gasteiger partial charge in [0.05, 0.1) is 59.7 Å². The summed E-state index contributed by atoms with van der Waals surface area (Å²) in [7, 11) is 5.13. The Balaban J connectivity index is 1.48. The Bertz CT molecular complexity index is 1950. The van der Waals surface area contributed by atoms with E-state index in [1.165, 1.54) is 27.9 Å². The molecule has 3 aliphatic heterocycles. The molecule has 0 bridgehead atoms. The van der Waals surface area contributed by atoms with Gasteiger partial charge in [-0.2, -0.15) is 0 Å². The van der Waals surface area contributed by atoms with Gasteiger partial charge in [0.1, 0.15) is 29.7 Å². The van der Waals surface area contributed by atoms with Crippen LogP contribution in [0.1, 0.15) is 88.0 Å². The van der Waals surface area contributed by atoms with Gasteiger partial charge in [0, 0.05) is 67.6 Å². The third-order valence-electron chi connectivity index (χ3n) is 14.2. The molecular weight excluding hydrogens is 857 g/mol. The number of Topliss-reactive ketones (excluding diaryl/α,β-unsaturated/α-hetero) is 1. The van der Waals surface area contributed by atoms with Gasteiger partial charge in [0.2, 0.25) is 5.91 Å². The number of ether oxygens (including phenoxy) is 6. The van der Waals surface area contributed by atoms with Crippen molar-refractivity contribution in [2.75, 3.05) is 39.6 Å². The molecule has 372 valence electrons. The molecule has 5 rings (SSSR count). The maximum atomic E-state index is 14.7. The fourth-order valence-electron chi connectivity index (χ4n) is 10.0. The quantitative estimate of drug-likeness (QED) is 0.151. The summed E-state index contributed by atoms with van der Waals surface area (Å²) < 4.78 is 37.6. The smallest absolute Gasteiger partial charge is 0.311 e.